The molecule has 0 saturated heterocycles. The SMILES string of the molecule is Cc1cc(CC(N)=O)n(C)c1C(=O)c1cc(Br)cc(Br)c1Br. The maximum atomic E-state index is 12.9. The van der Waals surface area contributed by atoms with E-state index < -0.39 is 5.91 Å². The van der Waals surface area contributed by atoms with E-state index in [0.29, 0.717) is 15.7 Å². The van der Waals surface area contributed by atoms with Crippen LogP contribution in [0.1, 0.15) is 27.3 Å². The predicted molar refractivity (Wildman–Crippen MR) is 96.0 cm³/mol. The van der Waals surface area contributed by atoms with Crippen molar-refractivity contribution in [3.63, 3.8) is 0 Å². The second kappa shape index (κ2) is 6.68. The summed E-state index contributed by atoms with van der Waals surface area (Å²) >= 11 is 10.2. The molecule has 0 spiro atoms. The number of amides is 1. The number of benzene rings is 1. The van der Waals surface area contributed by atoms with Crippen LogP contribution < -0.4 is 5.73 Å². The van der Waals surface area contributed by atoms with Crippen molar-refractivity contribution >= 4 is 59.5 Å². The highest BCUT2D eigenvalue weighted by Gasteiger charge is 2.22. The van der Waals surface area contributed by atoms with Crippen molar-refractivity contribution in [1.82, 2.24) is 4.57 Å². The van der Waals surface area contributed by atoms with Crippen LogP contribution in [-0.2, 0) is 18.3 Å². The number of ketones is 1. The average molecular weight is 493 g/mol. The summed E-state index contributed by atoms with van der Waals surface area (Å²) in [5, 5.41) is 0. The van der Waals surface area contributed by atoms with E-state index in [4.69, 9.17) is 5.73 Å². The summed E-state index contributed by atoms with van der Waals surface area (Å²) in [4.78, 5) is 24.0. The minimum Gasteiger partial charge on any atom is -0.369 e. The van der Waals surface area contributed by atoms with Crippen molar-refractivity contribution in [2.75, 3.05) is 0 Å². The molecule has 7 heteroatoms. The predicted octanol–water partition coefficient (Wildman–Crippen LogP) is 3.88. The molecule has 1 aromatic carbocycles. The topological polar surface area (TPSA) is 65.1 Å². The van der Waals surface area contributed by atoms with Crippen LogP contribution in [0.2, 0.25) is 0 Å². The van der Waals surface area contributed by atoms with Gasteiger partial charge in [0.05, 0.1) is 12.1 Å². The molecule has 0 aliphatic carbocycles. The minimum atomic E-state index is -0.425. The molecule has 2 N–H and O–H groups in total. The highest BCUT2D eigenvalue weighted by atomic mass is 79.9. The molecule has 0 aliphatic rings. The third-order valence-electron chi connectivity index (χ3n) is 3.33. The Morgan fingerprint density at radius 2 is 1.82 bits per heavy atom. The van der Waals surface area contributed by atoms with Gasteiger partial charge in [-0.3, -0.25) is 9.59 Å². The van der Waals surface area contributed by atoms with Gasteiger partial charge in [-0.15, -0.1) is 0 Å². The molecule has 116 valence electrons. The van der Waals surface area contributed by atoms with Gasteiger partial charge in [0, 0.05) is 31.7 Å². The number of rotatable bonds is 4. The van der Waals surface area contributed by atoms with Crippen LogP contribution in [0.3, 0.4) is 0 Å². The lowest BCUT2D eigenvalue weighted by Gasteiger charge is -2.10. The smallest absolute Gasteiger partial charge is 0.223 e. The number of carbonyl (C=O) groups is 2. The van der Waals surface area contributed by atoms with Crippen molar-refractivity contribution in [2.45, 2.75) is 13.3 Å². The van der Waals surface area contributed by atoms with Crippen LogP contribution in [0.25, 0.3) is 0 Å². The molecule has 0 saturated carbocycles. The maximum absolute atomic E-state index is 12.9. The minimum absolute atomic E-state index is 0.105. The fraction of sp³-hybridized carbons (Fsp3) is 0.200. The van der Waals surface area contributed by atoms with Gasteiger partial charge in [0.25, 0.3) is 0 Å². The van der Waals surface area contributed by atoms with Crippen LogP contribution in [0, 0.1) is 6.92 Å². The quantitative estimate of drug-likeness (QED) is 0.520. The highest BCUT2D eigenvalue weighted by Crippen LogP contribution is 2.32. The number of primary amides is 1. The first-order valence-electron chi connectivity index (χ1n) is 6.35. The second-order valence-electron chi connectivity index (χ2n) is 4.95. The average Bonchev–Trinajstić information content (AvgIpc) is 2.67. The lowest BCUT2D eigenvalue weighted by atomic mass is 10.1. The molecule has 0 bridgehead atoms. The molecule has 0 atom stereocenters. The first-order valence-corrected chi connectivity index (χ1v) is 8.73. The number of aryl methyl sites for hydroxylation is 1. The summed E-state index contributed by atoms with van der Waals surface area (Å²) in [6, 6.07) is 5.44. The van der Waals surface area contributed by atoms with Crippen molar-refractivity contribution in [2.24, 2.45) is 12.8 Å². The van der Waals surface area contributed by atoms with Gasteiger partial charge in [0.1, 0.15) is 0 Å². The van der Waals surface area contributed by atoms with E-state index in [9.17, 15) is 9.59 Å². The Bertz CT molecular complexity index is 782. The van der Waals surface area contributed by atoms with E-state index in [1.165, 1.54) is 0 Å². The van der Waals surface area contributed by atoms with Gasteiger partial charge in [0.2, 0.25) is 11.7 Å². The molecule has 1 amide bonds. The molecule has 1 heterocycles. The molecular formula is C15H13Br3N2O2. The van der Waals surface area contributed by atoms with Gasteiger partial charge in [-0.2, -0.15) is 0 Å². The zero-order chi connectivity index (χ0) is 16.6. The summed E-state index contributed by atoms with van der Waals surface area (Å²) < 4.78 is 4.01. The van der Waals surface area contributed by atoms with Crippen LogP contribution in [0.4, 0.5) is 0 Å². The lowest BCUT2D eigenvalue weighted by Crippen LogP contribution is -2.17. The monoisotopic (exact) mass is 490 g/mol. The standard InChI is InChI=1S/C15H13Br3N2O2/c1-7-3-9(6-12(19)21)20(2)14(7)15(22)10-4-8(16)5-11(17)13(10)18/h3-5H,6H2,1-2H3,(H2,19,21). The largest absolute Gasteiger partial charge is 0.369 e. The first kappa shape index (κ1) is 17.4. The zero-order valence-electron chi connectivity index (χ0n) is 11.9. The molecule has 0 aliphatic heterocycles. The molecular weight excluding hydrogens is 480 g/mol. The summed E-state index contributed by atoms with van der Waals surface area (Å²) in [5.41, 5.74) is 7.86. The number of aromatic nitrogens is 1. The Balaban J connectivity index is 2.55. The number of nitrogens with zero attached hydrogens (tertiary/aromatic N) is 1. The molecule has 0 radical (unpaired) electrons. The number of carbonyl (C=O) groups excluding carboxylic acids is 2. The summed E-state index contributed by atoms with van der Waals surface area (Å²) in [6.45, 7) is 1.85. The summed E-state index contributed by atoms with van der Waals surface area (Å²) in [5.74, 6) is -0.546. The Morgan fingerprint density at radius 3 is 2.41 bits per heavy atom. The third-order valence-corrected chi connectivity index (χ3v) is 5.80. The second-order valence-corrected chi connectivity index (χ2v) is 7.51. The van der Waals surface area contributed by atoms with Gasteiger partial charge in [-0.25, -0.2) is 0 Å². The normalized spacial score (nSPS) is 10.8. The Hall–Kier alpha value is -0.920. The third kappa shape index (κ3) is 3.36. The van der Waals surface area contributed by atoms with E-state index in [-0.39, 0.29) is 12.2 Å². The van der Waals surface area contributed by atoms with Crippen molar-refractivity contribution in [3.05, 3.63) is 54.1 Å². The van der Waals surface area contributed by atoms with E-state index >= 15 is 0 Å². The fourth-order valence-corrected chi connectivity index (χ4v) is 3.99. The molecule has 2 rings (SSSR count). The summed E-state index contributed by atoms with van der Waals surface area (Å²) in [6.07, 6.45) is 0.105. The van der Waals surface area contributed by atoms with Crippen molar-refractivity contribution < 1.29 is 9.59 Å². The van der Waals surface area contributed by atoms with Crippen LogP contribution in [0.5, 0.6) is 0 Å². The molecule has 0 unspecified atom stereocenters. The Labute approximate surface area is 153 Å². The van der Waals surface area contributed by atoms with Gasteiger partial charge >= 0.3 is 0 Å². The lowest BCUT2D eigenvalue weighted by molar-refractivity contribution is -0.117. The molecule has 2 aromatic rings. The van der Waals surface area contributed by atoms with Gasteiger partial charge < -0.3 is 10.3 Å². The van der Waals surface area contributed by atoms with Crippen molar-refractivity contribution in [1.29, 1.82) is 0 Å². The van der Waals surface area contributed by atoms with Gasteiger partial charge in [-0.1, -0.05) is 15.9 Å². The highest BCUT2D eigenvalue weighted by molar-refractivity contribution is 9.13. The first-order chi connectivity index (χ1) is 10.2. The molecule has 1 aromatic heterocycles. The maximum Gasteiger partial charge on any atom is 0.223 e. The number of hydrogen-bond acceptors (Lipinski definition) is 2. The fourth-order valence-electron chi connectivity index (χ4n) is 2.35. The molecule has 22 heavy (non-hydrogen) atoms. The molecule has 0 fully saturated rings. The number of hydrogen-bond donors (Lipinski definition) is 1. The number of nitrogens with two attached hydrogens (primary N) is 1. The van der Waals surface area contributed by atoms with Crippen molar-refractivity contribution in [3.8, 4) is 0 Å². The van der Waals surface area contributed by atoms with E-state index in [1.807, 2.05) is 19.1 Å². The van der Waals surface area contributed by atoms with E-state index in [1.54, 1.807) is 17.7 Å². The Morgan fingerprint density at radius 1 is 1.18 bits per heavy atom. The van der Waals surface area contributed by atoms with E-state index in [2.05, 4.69) is 47.8 Å². The Kier molecular flexibility index (Phi) is 5.29. The van der Waals surface area contributed by atoms with Crippen LogP contribution >= 0.6 is 47.8 Å². The van der Waals surface area contributed by atoms with Gasteiger partial charge in [-0.05, 0) is 62.5 Å². The number of halogens is 3. The van der Waals surface area contributed by atoms with Gasteiger partial charge in [0.15, 0.2) is 0 Å². The molecule has 4 nitrogen and oxygen atoms in total. The van der Waals surface area contributed by atoms with E-state index in [0.717, 1.165) is 20.2 Å². The van der Waals surface area contributed by atoms with Crippen LogP contribution in [0.15, 0.2) is 31.6 Å². The van der Waals surface area contributed by atoms with Crippen LogP contribution in [-0.4, -0.2) is 16.3 Å². The summed E-state index contributed by atoms with van der Waals surface area (Å²) in [7, 11) is 1.76. The zero-order valence-corrected chi connectivity index (χ0v) is 16.7.